The summed E-state index contributed by atoms with van der Waals surface area (Å²) in [6, 6.07) is 3.36. The van der Waals surface area contributed by atoms with Crippen molar-refractivity contribution in [3.63, 3.8) is 0 Å². The van der Waals surface area contributed by atoms with Crippen molar-refractivity contribution >= 4 is 5.78 Å². The van der Waals surface area contributed by atoms with Crippen LogP contribution in [0.3, 0.4) is 0 Å². The first-order chi connectivity index (χ1) is 8.52. The minimum absolute atomic E-state index is 0.282. The first-order valence-corrected chi connectivity index (χ1v) is 6.07. The highest BCUT2D eigenvalue weighted by molar-refractivity contribution is 5.97. The summed E-state index contributed by atoms with van der Waals surface area (Å²) in [6.45, 7) is 4.34. The Hall–Kier alpha value is -1.29. The normalized spacial score (nSPS) is 10.9. The number of ketones is 1. The second kappa shape index (κ2) is 7.21. The second-order valence-corrected chi connectivity index (χ2v) is 4.61. The number of hydrogen-bond acceptors (Lipinski definition) is 2. The van der Waals surface area contributed by atoms with Crippen LogP contribution in [0, 0.1) is 17.6 Å². The van der Waals surface area contributed by atoms with Crippen LogP contribution in [0.4, 0.5) is 8.78 Å². The van der Waals surface area contributed by atoms with Crippen LogP contribution in [0.2, 0.25) is 0 Å². The van der Waals surface area contributed by atoms with Gasteiger partial charge in [-0.05, 0) is 30.9 Å². The molecule has 2 nitrogen and oxygen atoms in total. The molecular weight excluding hydrogens is 238 g/mol. The molecule has 0 aromatic heterocycles. The van der Waals surface area contributed by atoms with E-state index in [1.54, 1.807) is 0 Å². The lowest BCUT2D eigenvalue weighted by molar-refractivity contribution is 0.0741. The van der Waals surface area contributed by atoms with Gasteiger partial charge in [0.25, 0.3) is 0 Å². The van der Waals surface area contributed by atoms with Crippen LogP contribution in [-0.4, -0.2) is 19.0 Å². The van der Waals surface area contributed by atoms with Crippen LogP contribution in [0.15, 0.2) is 18.2 Å². The molecule has 0 aliphatic heterocycles. The molecule has 0 heterocycles. The first-order valence-electron chi connectivity index (χ1n) is 6.07. The van der Waals surface area contributed by atoms with Gasteiger partial charge in [-0.25, -0.2) is 8.78 Å². The molecule has 100 valence electrons. The zero-order valence-electron chi connectivity index (χ0n) is 10.7. The van der Waals surface area contributed by atoms with Crippen molar-refractivity contribution in [2.75, 3.05) is 13.2 Å². The molecule has 0 spiro atoms. The average Bonchev–Trinajstić information content (AvgIpc) is 2.27. The maximum absolute atomic E-state index is 13.3. The van der Waals surface area contributed by atoms with E-state index in [0.29, 0.717) is 12.5 Å². The van der Waals surface area contributed by atoms with Gasteiger partial charge in [0, 0.05) is 6.61 Å². The molecule has 0 aliphatic carbocycles. The largest absolute Gasteiger partial charge is 0.373 e. The van der Waals surface area contributed by atoms with E-state index in [4.69, 9.17) is 4.74 Å². The van der Waals surface area contributed by atoms with Gasteiger partial charge in [-0.1, -0.05) is 19.9 Å². The van der Waals surface area contributed by atoms with E-state index in [1.165, 1.54) is 6.07 Å². The van der Waals surface area contributed by atoms with Crippen LogP contribution >= 0.6 is 0 Å². The fourth-order valence-corrected chi connectivity index (χ4v) is 1.59. The fourth-order valence-electron chi connectivity index (χ4n) is 1.59. The van der Waals surface area contributed by atoms with Crippen molar-refractivity contribution in [2.24, 2.45) is 5.92 Å². The Balaban J connectivity index is 2.41. The van der Waals surface area contributed by atoms with Gasteiger partial charge in [0.2, 0.25) is 0 Å². The van der Waals surface area contributed by atoms with Gasteiger partial charge in [-0.3, -0.25) is 4.79 Å². The van der Waals surface area contributed by atoms with Gasteiger partial charge in [-0.15, -0.1) is 0 Å². The van der Waals surface area contributed by atoms with Crippen LogP contribution in [0.1, 0.15) is 37.0 Å². The molecule has 0 atom stereocenters. The molecule has 1 aromatic rings. The Kier molecular flexibility index (Phi) is 5.92. The lowest BCUT2D eigenvalue weighted by atomic mass is 10.1. The summed E-state index contributed by atoms with van der Waals surface area (Å²) in [5.74, 6) is -1.76. The van der Waals surface area contributed by atoms with E-state index in [0.717, 1.165) is 25.0 Å². The van der Waals surface area contributed by atoms with Gasteiger partial charge in [0.15, 0.2) is 5.78 Å². The summed E-state index contributed by atoms with van der Waals surface area (Å²) in [6.07, 6.45) is 1.84. The topological polar surface area (TPSA) is 26.3 Å². The zero-order valence-corrected chi connectivity index (χ0v) is 10.7. The van der Waals surface area contributed by atoms with E-state index in [9.17, 15) is 13.6 Å². The van der Waals surface area contributed by atoms with Crippen molar-refractivity contribution in [1.29, 1.82) is 0 Å². The Morgan fingerprint density at radius 1 is 1.28 bits per heavy atom. The van der Waals surface area contributed by atoms with E-state index in [-0.39, 0.29) is 6.61 Å². The lowest BCUT2D eigenvalue weighted by Crippen LogP contribution is -2.13. The Morgan fingerprint density at radius 3 is 2.44 bits per heavy atom. The maximum atomic E-state index is 13.3. The number of carbonyl (C=O) groups is 1. The highest BCUT2D eigenvalue weighted by atomic mass is 19.1. The molecule has 0 amide bonds. The zero-order chi connectivity index (χ0) is 13.5. The van der Waals surface area contributed by atoms with Gasteiger partial charge >= 0.3 is 0 Å². The number of rotatable bonds is 7. The number of benzene rings is 1. The lowest BCUT2D eigenvalue weighted by Gasteiger charge is -2.06. The number of halogens is 2. The van der Waals surface area contributed by atoms with E-state index in [2.05, 4.69) is 13.8 Å². The molecule has 0 fully saturated rings. The Labute approximate surface area is 106 Å². The summed E-state index contributed by atoms with van der Waals surface area (Å²) in [5, 5.41) is 0. The SMILES string of the molecule is CC(C)CCCOCC(=O)c1c(F)cccc1F. The molecule has 1 aromatic carbocycles. The monoisotopic (exact) mass is 256 g/mol. The summed E-state index contributed by atoms with van der Waals surface area (Å²) in [7, 11) is 0. The van der Waals surface area contributed by atoms with Gasteiger partial charge in [-0.2, -0.15) is 0 Å². The minimum Gasteiger partial charge on any atom is -0.373 e. The molecule has 0 bridgehead atoms. The number of hydrogen-bond donors (Lipinski definition) is 0. The molecule has 0 saturated carbocycles. The van der Waals surface area contributed by atoms with Gasteiger partial charge < -0.3 is 4.74 Å². The summed E-state index contributed by atoms with van der Waals surface area (Å²) >= 11 is 0. The highest BCUT2D eigenvalue weighted by Crippen LogP contribution is 2.13. The minimum atomic E-state index is -0.842. The predicted octanol–water partition coefficient (Wildman–Crippen LogP) is 3.60. The predicted molar refractivity (Wildman–Crippen MR) is 65.6 cm³/mol. The molecule has 4 heteroatoms. The molecule has 0 aliphatic rings. The molecule has 0 unspecified atom stereocenters. The first kappa shape index (κ1) is 14.8. The van der Waals surface area contributed by atoms with E-state index in [1.807, 2.05) is 0 Å². The van der Waals surface area contributed by atoms with Crippen LogP contribution in [-0.2, 0) is 4.74 Å². The van der Waals surface area contributed by atoms with Crippen molar-refractivity contribution in [2.45, 2.75) is 26.7 Å². The quantitative estimate of drug-likeness (QED) is 0.550. The van der Waals surface area contributed by atoms with E-state index >= 15 is 0 Å². The maximum Gasteiger partial charge on any atom is 0.194 e. The van der Waals surface area contributed by atoms with Crippen molar-refractivity contribution in [1.82, 2.24) is 0 Å². The molecule has 1 rings (SSSR count). The van der Waals surface area contributed by atoms with Gasteiger partial charge in [0.05, 0.1) is 5.56 Å². The number of carbonyl (C=O) groups excluding carboxylic acids is 1. The number of ether oxygens (including phenoxy) is 1. The smallest absolute Gasteiger partial charge is 0.194 e. The summed E-state index contributed by atoms with van der Waals surface area (Å²) in [5.41, 5.74) is -0.513. The van der Waals surface area contributed by atoms with Crippen molar-refractivity contribution in [3.8, 4) is 0 Å². The van der Waals surface area contributed by atoms with E-state index < -0.39 is 23.0 Å². The second-order valence-electron chi connectivity index (χ2n) is 4.61. The third-order valence-electron chi connectivity index (χ3n) is 2.54. The number of Topliss-reactive ketones (excluding diaryl/α,β-unsaturated/α-hetero) is 1. The van der Waals surface area contributed by atoms with Gasteiger partial charge in [0.1, 0.15) is 18.2 Å². The molecule has 0 saturated heterocycles. The van der Waals surface area contributed by atoms with Crippen LogP contribution in [0.25, 0.3) is 0 Å². The van der Waals surface area contributed by atoms with Crippen LogP contribution in [0.5, 0.6) is 0 Å². The Morgan fingerprint density at radius 2 is 1.89 bits per heavy atom. The average molecular weight is 256 g/mol. The Bertz CT molecular complexity index is 383. The standard InChI is InChI=1S/C14H18F2O2/c1-10(2)5-4-8-18-9-13(17)14-11(15)6-3-7-12(14)16/h3,6-7,10H,4-5,8-9H2,1-2H3. The molecule has 18 heavy (non-hydrogen) atoms. The van der Waals surface area contributed by atoms with Crippen LogP contribution < -0.4 is 0 Å². The highest BCUT2D eigenvalue weighted by Gasteiger charge is 2.16. The molecule has 0 N–H and O–H groups in total. The van der Waals surface area contributed by atoms with Crippen molar-refractivity contribution < 1.29 is 18.3 Å². The summed E-state index contributed by atoms with van der Waals surface area (Å²) in [4.78, 5) is 11.6. The molecule has 0 radical (unpaired) electrons. The molecular formula is C14H18F2O2. The van der Waals surface area contributed by atoms with Crippen molar-refractivity contribution in [3.05, 3.63) is 35.4 Å². The fraction of sp³-hybridized carbons (Fsp3) is 0.500. The summed E-state index contributed by atoms with van der Waals surface area (Å²) < 4.78 is 31.7. The third kappa shape index (κ3) is 4.53. The third-order valence-corrected chi connectivity index (χ3v) is 2.54.